The third kappa shape index (κ3) is 4.92. The Hall–Kier alpha value is -1.29. The molecule has 0 amide bonds. The molecule has 1 atom stereocenters. The zero-order valence-electron chi connectivity index (χ0n) is 11.4. The van der Waals surface area contributed by atoms with Crippen LogP contribution in [0.15, 0.2) is 24.3 Å². The molecule has 0 spiro atoms. The molecule has 0 radical (unpaired) electrons. The molecule has 0 N–H and O–H groups in total. The molecule has 1 rings (SSSR count). The van der Waals surface area contributed by atoms with E-state index in [1.807, 2.05) is 33.0 Å². The second-order valence-corrected chi connectivity index (χ2v) is 4.30. The first kappa shape index (κ1) is 14.8. The van der Waals surface area contributed by atoms with Crippen molar-refractivity contribution in [1.82, 2.24) is 0 Å². The summed E-state index contributed by atoms with van der Waals surface area (Å²) in [6, 6.07) is 8.11. The quantitative estimate of drug-likeness (QED) is 0.530. The number of carbonyl (C=O) groups excluding carboxylic acids is 1. The van der Waals surface area contributed by atoms with E-state index in [2.05, 4.69) is 6.07 Å². The summed E-state index contributed by atoms with van der Waals surface area (Å²) in [4.78, 5) is 11.8. The van der Waals surface area contributed by atoms with E-state index in [1.54, 1.807) is 6.92 Å². The molecule has 1 aromatic carbocycles. The van der Waals surface area contributed by atoms with Gasteiger partial charge in [0.05, 0.1) is 6.61 Å². The van der Waals surface area contributed by atoms with Crippen molar-refractivity contribution in [2.24, 2.45) is 0 Å². The summed E-state index contributed by atoms with van der Waals surface area (Å²) < 4.78 is 10.6. The van der Waals surface area contributed by atoms with Gasteiger partial charge >= 0.3 is 5.97 Å². The average molecular weight is 248 g/mol. The second kappa shape index (κ2) is 7.93. The Kier molecular flexibility index (Phi) is 6.51. The normalized spacial score (nSPS) is 12.1. The summed E-state index contributed by atoms with van der Waals surface area (Å²) in [6.07, 6.45) is 0.969. The van der Waals surface area contributed by atoms with Crippen LogP contribution in [0.5, 0.6) is 0 Å². The van der Waals surface area contributed by atoms with Crippen molar-refractivity contribution >= 4 is 19.3 Å². The van der Waals surface area contributed by atoms with Crippen molar-refractivity contribution < 1.29 is 14.3 Å². The summed E-state index contributed by atoms with van der Waals surface area (Å²) >= 11 is 0. The third-order valence-corrected chi connectivity index (χ3v) is 2.58. The molecule has 0 bridgehead atoms. The number of benzene rings is 1. The Balaban J connectivity index is 2.68. The summed E-state index contributed by atoms with van der Waals surface area (Å²) in [5, 5.41) is 0. The number of hydrogen-bond acceptors (Lipinski definition) is 3. The van der Waals surface area contributed by atoms with Gasteiger partial charge in [0.1, 0.15) is 7.85 Å². The topological polar surface area (TPSA) is 35.5 Å². The molecule has 0 aliphatic heterocycles. The van der Waals surface area contributed by atoms with Gasteiger partial charge in [-0.15, -0.1) is 0 Å². The second-order valence-electron chi connectivity index (χ2n) is 4.30. The van der Waals surface area contributed by atoms with Crippen molar-refractivity contribution in [3.63, 3.8) is 0 Å². The molecule has 0 saturated carbocycles. The van der Waals surface area contributed by atoms with Crippen LogP contribution >= 0.6 is 0 Å². The van der Waals surface area contributed by atoms with E-state index >= 15 is 0 Å². The van der Waals surface area contributed by atoms with E-state index in [1.165, 1.54) is 5.46 Å². The number of hydrogen-bond donors (Lipinski definition) is 0. The number of carbonyl (C=O) groups is 1. The van der Waals surface area contributed by atoms with Gasteiger partial charge in [0.2, 0.25) is 0 Å². The van der Waals surface area contributed by atoms with Gasteiger partial charge in [0.25, 0.3) is 0 Å². The van der Waals surface area contributed by atoms with Crippen LogP contribution in [-0.4, -0.2) is 33.1 Å². The Labute approximate surface area is 110 Å². The van der Waals surface area contributed by atoms with Crippen LogP contribution in [0.2, 0.25) is 0 Å². The molecular formula is C14H21BO3. The molecule has 0 aliphatic rings. The third-order valence-electron chi connectivity index (χ3n) is 2.58. The van der Waals surface area contributed by atoms with E-state index in [-0.39, 0.29) is 5.97 Å². The molecule has 18 heavy (non-hydrogen) atoms. The first-order valence-corrected chi connectivity index (χ1v) is 6.51. The number of rotatable bonds is 7. The van der Waals surface area contributed by atoms with Crippen LogP contribution in [0.25, 0.3) is 0 Å². The van der Waals surface area contributed by atoms with Crippen LogP contribution in [0, 0.1) is 0 Å². The monoisotopic (exact) mass is 248 g/mol. The standard InChI is InChI=1S/C14H21BO3/c1-3-8-18-13(14(16)17-4-2)10-11-6-5-7-12(15)9-11/h5-7,9,13H,3-4,8,10,15H2,1-2H3. The lowest BCUT2D eigenvalue weighted by Gasteiger charge is -2.16. The fourth-order valence-electron chi connectivity index (χ4n) is 1.76. The van der Waals surface area contributed by atoms with Crippen molar-refractivity contribution in [2.45, 2.75) is 32.8 Å². The molecule has 1 unspecified atom stereocenters. The largest absolute Gasteiger partial charge is 0.464 e. The van der Waals surface area contributed by atoms with Gasteiger partial charge in [-0.3, -0.25) is 0 Å². The zero-order valence-corrected chi connectivity index (χ0v) is 11.4. The first-order valence-electron chi connectivity index (χ1n) is 6.51. The van der Waals surface area contributed by atoms with E-state index in [0.29, 0.717) is 19.6 Å². The fraction of sp³-hybridized carbons (Fsp3) is 0.500. The lowest BCUT2D eigenvalue weighted by atomic mass is 9.93. The fourth-order valence-corrected chi connectivity index (χ4v) is 1.76. The highest BCUT2D eigenvalue weighted by atomic mass is 16.6. The van der Waals surface area contributed by atoms with Crippen molar-refractivity contribution in [3.8, 4) is 0 Å². The van der Waals surface area contributed by atoms with Gasteiger partial charge < -0.3 is 9.47 Å². The highest BCUT2D eigenvalue weighted by Gasteiger charge is 2.20. The van der Waals surface area contributed by atoms with E-state index in [9.17, 15) is 4.79 Å². The molecular weight excluding hydrogens is 227 g/mol. The minimum atomic E-state index is -0.494. The van der Waals surface area contributed by atoms with Gasteiger partial charge in [-0.1, -0.05) is 36.7 Å². The van der Waals surface area contributed by atoms with Crippen molar-refractivity contribution in [3.05, 3.63) is 29.8 Å². The zero-order chi connectivity index (χ0) is 13.4. The van der Waals surface area contributed by atoms with Gasteiger partial charge in [-0.25, -0.2) is 4.79 Å². The predicted octanol–water partition coefficient (Wildman–Crippen LogP) is 0.846. The van der Waals surface area contributed by atoms with Crippen LogP contribution in [0.4, 0.5) is 0 Å². The summed E-state index contributed by atoms with van der Waals surface area (Å²) in [7, 11) is 2.04. The highest BCUT2D eigenvalue weighted by Crippen LogP contribution is 2.07. The van der Waals surface area contributed by atoms with Gasteiger partial charge in [-0.2, -0.15) is 0 Å². The molecule has 98 valence electrons. The van der Waals surface area contributed by atoms with Crippen molar-refractivity contribution in [2.75, 3.05) is 13.2 Å². The molecule has 4 heteroatoms. The Morgan fingerprint density at radius 1 is 1.39 bits per heavy atom. The molecule has 0 saturated heterocycles. The van der Waals surface area contributed by atoms with E-state index in [4.69, 9.17) is 9.47 Å². The summed E-state index contributed by atoms with van der Waals surface area (Å²) in [5.41, 5.74) is 2.29. The Morgan fingerprint density at radius 2 is 2.17 bits per heavy atom. The van der Waals surface area contributed by atoms with Crippen LogP contribution in [0.3, 0.4) is 0 Å². The predicted molar refractivity (Wildman–Crippen MR) is 75.0 cm³/mol. The first-order chi connectivity index (χ1) is 8.67. The molecule has 0 aromatic heterocycles. The number of ether oxygens (including phenoxy) is 2. The van der Waals surface area contributed by atoms with Crippen LogP contribution < -0.4 is 5.46 Å². The molecule has 0 aliphatic carbocycles. The maximum atomic E-state index is 11.8. The van der Waals surface area contributed by atoms with Crippen molar-refractivity contribution in [1.29, 1.82) is 0 Å². The maximum absolute atomic E-state index is 11.8. The SMILES string of the molecule is Bc1cccc(CC(OCCC)C(=O)OCC)c1. The maximum Gasteiger partial charge on any atom is 0.335 e. The van der Waals surface area contributed by atoms with Gasteiger partial charge in [0, 0.05) is 13.0 Å². The highest BCUT2D eigenvalue weighted by molar-refractivity contribution is 6.32. The minimum Gasteiger partial charge on any atom is -0.464 e. The Bertz CT molecular complexity index is 379. The molecule has 0 fully saturated rings. The van der Waals surface area contributed by atoms with E-state index in [0.717, 1.165) is 12.0 Å². The summed E-state index contributed by atoms with van der Waals surface area (Å²) in [5.74, 6) is -0.271. The lowest BCUT2D eigenvalue weighted by molar-refractivity contribution is -0.156. The van der Waals surface area contributed by atoms with Crippen LogP contribution in [0.1, 0.15) is 25.8 Å². The summed E-state index contributed by atoms with van der Waals surface area (Å²) in [6.45, 7) is 4.80. The minimum absolute atomic E-state index is 0.271. The Morgan fingerprint density at radius 3 is 2.78 bits per heavy atom. The molecule has 1 aromatic rings. The average Bonchev–Trinajstić information content (AvgIpc) is 2.34. The van der Waals surface area contributed by atoms with Crippen LogP contribution in [-0.2, 0) is 20.7 Å². The van der Waals surface area contributed by atoms with E-state index < -0.39 is 6.10 Å². The molecule has 3 nitrogen and oxygen atoms in total. The molecule has 0 heterocycles. The van der Waals surface area contributed by atoms with Gasteiger partial charge in [0.15, 0.2) is 6.10 Å². The smallest absolute Gasteiger partial charge is 0.335 e. The van der Waals surface area contributed by atoms with Gasteiger partial charge in [-0.05, 0) is 18.9 Å². The lowest BCUT2D eigenvalue weighted by Crippen LogP contribution is -2.29. The number of esters is 1.